The van der Waals surface area contributed by atoms with Crippen molar-refractivity contribution in [3.63, 3.8) is 0 Å². The van der Waals surface area contributed by atoms with Crippen LogP contribution in [0.1, 0.15) is 44.4 Å². The fourth-order valence-corrected chi connectivity index (χ4v) is 2.22. The number of nitrogens with zero attached hydrogens (tertiary/aromatic N) is 4. The Kier molecular flexibility index (Phi) is 8.40. The van der Waals surface area contributed by atoms with E-state index in [1.165, 1.54) is 5.56 Å². The fraction of sp³-hybridized carbons (Fsp3) is 0.588. The molecule has 2 rings (SSSR count). The highest BCUT2D eigenvalue weighted by molar-refractivity contribution is 14.0. The lowest BCUT2D eigenvalue weighted by atomic mass is 9.94. The fourth-order valence-electron chi connectivity index (χ4n) is 2.22. The van der Waals surface area contributed by atoms with E-state index >= 15 is 0 Å². The van der Waals surface area contributed by atoms with Crippen molar-refractivity contribution in [1.29, 1.82) is 0 Å². The highest BCUT2D eigenvalue weighted by atomic mass is 127. The number of aryl methyl sites for hydroxylation is 2. The van der Waals surface area contributed by atoms with Gasteiger partial charge in [0.05, 0.1) is 18.9 Å². The second-order valence-electron chi connectivity index (χ2n) is 6.85. The Labute approximate surface area is 166 Å². The van der Waals surface area contributed by atoms with E-state index in [4.69, 9.17) is 4.42 Å². The quantitative estimate of drug-likeness (QED) is 0.300. The molecule has 0 aromatic carbocycles. The number of guanidine groups is 1. The van der Waals surface area contributed by atoms with Crippen molar-refractivity contribution in [2.24, 2.45) is 12.0 Å². The minimum Gasteiger partial charge on any atom is -0.443 e. The van der Waals surface area contributed by atoms with Crippen molar-refractivity contribution < 1.29 is 4.42 Å². The third kappa shape index (κ3) is 7.05. The van der Waals surface area contributed by atoms with Crippen molar-refractivity contribution in [1.82, 2.24) is 25.4 Å². The van der Waals surface area contributed by atoms with Gasteiger partial charge in [-0.25, -0.2) is 4.98 Å². The molecule has 0 bridgehead atoms. The minimum absolute atomic E-state index is 0. The average molecular weight is 460 g/mol. The lowest BCUT2D eigenvalue weighted by Crippen LogP contribution is -2.37. The topological polar surface area (TPSA) is 80.3 Å². The summed E-state index contributed by atoms with van der Waals surface area (Å²) in [4.78, 5) is 8.52. The SMILES string of the molecule is CN=C(NCCCc1cnn(C)c1)NCc1ncc(C(C)(C)C)o1.I. The lowest BCUT2D eigenvalue weighted by Gasteiger charge is -2.13. The molecule has 140 valence electrons. The molecule has 0 radical (unpaired) electrons. The Morgan fingerprint density at radius 1 is 1.28 bits per heavy atom. The van der Waals surface area contributed by atoms with Crippen LogP contribution in [0, 0.1) is 0 Å². The molecule has 0 aliphatic carbocycles. The van der Waals surface area contributed by atoms with Gasteiger partial charge in [-0.1, -0.05) is 20.8 Å². The Balaban J connectivity index is 0.00000312. The van der Waals surface area contributed by atoms with Gasteiger partial charge in [-0.3, -0.25) is 9.67 Å². The number of hydrogen-bond donors (Lipinski definition) is 2. The van der Waals surface area contributed by atoms with E-state index in [0.29, 0.717) is 12.4 Å². The predicted molar refractivity (Wildman–Crippen MR) is 110 cm³/mol. The molecule has 25 heavy (non-hydrogen) atoms. The summed E-state index contributed by atoms with van der Waals surface area (Å²) in [6.07, 6.45) is 7.75. The Morgan fingerprint density at radius 3 is 2.60 bits per heavy atom. The smallest absolute Gasteiger partial charge is 0.213 e. The lowest BCUT2D eigenvalue weighted by molar-refractivity contribution is 0.379. The highest BCUT2D eigenvalue weighted by Crippen LogP contribution is 2.22. The van der Waals surface area contributed by atoms with Crippen LogP contribution >= 0.6 is 24.0 Å². The van der Waals surface area contributed by atoms with Gasteiger partial charge in [-0.2, -0.15) is 5.10 Å². The molecule has 2 aromatic rings. The Bertz CT molecular complexity index is 671. The van der Waals surface area contributed by atoms with Crippen LogP contribution in [0.5, 0.6) is 0 Å². The molecule has 0 fully saturated rings. The van der Waals surface area contributed by atoms with Crippen LogP contribution in [0.4, 0.5) is 0 Å². The van der Waals surface area contributed by atoms with Crippen molar-refractivity contribution >= 4 is 29.9 Å². The number of halogens is 1. The van der Waals surface area contributed by atoms with Gasteiger partial charge in [0, 0.05) is 32.3 Å². The summed E-state index contributed by atoms with van der Waals surface area (Å²) in [6.45, 7) is 7.67. The zero-order valence-corrected chi connectivity index (χ0v) is 18.0. The van der Waals surface area contributed by atoms with E-state index in [9.17, 15) is 0 Å². The summed E-state index contributed by atoms with van der Waals surface area (Å²) >= 11 is 0. The van der Waals surface area contributed by atoms with Crippen molar-refractivity contribution in [2.45, 2.75) is 45.6 Å². The number of aromatic nitrogens is 3. The molecule has 7 nitrogen and oxygen atoms in total. The summed E-state index contributed by atoms with van der Waals surface area (Å²) in [5, 5.41) is 10.7. The van der Waals surface area contributed by atoms with Crippen LogP contribution in [0.3, 0.4) is 0 Å². The average Bonchev–Trinajstić information content (AvgIpc) is 3.15. The molecule has 0 unspecified atom stereocenters. The monoisotopic (exact) mass is 460 g/mol. The molecule has 0 aliphatic heterocycles. The summed E-state index contributed by atoms with van der Waals surface area (Å²) in [6, 6.07) is 0. The van der Waals surface area contributed by atoms with E-state index in [-0.39, 0.29) is 29.4 Å². The van der Waals surface area contributed by atoms with Gasteiger partial charge in [0.15, 0.2) is 5.96 Å². The van der Waals surface area contributed by atoms with Gasteiger partial charge in [-0.15, -0.1) is 24.0 Å². The minimum atomic E-state index is -0.0303. The van der Waals surface area contributed by atoms with E-state index in [2.05, 4.69) is 46.5 Å². The third-order valence-corrected chi connectivity index (χ3v) is 3.62. The first-order chi connectivity index (χ1) is 11.4. The number of rotatable bonds is 6. The first-order valence-electron chi connectivity index (χ1n) is 8.25. The summed E-state index contributed by atoms with van der Waals surface area (Å²) in [7, 11) is 3.69. The van der Waals surface area contributed by atoms with E-state index < -0.39 is 0 Å². The highest BCUT2D eigenvalue weighted by Gasteiger charge is 2.19. The van der Waals surface area contributed by atoms with E-state index in [1.807, 2.05) is 24.1 Å². The molecule has 8 heteroatoms. The maximum absolute atomic E-state index is 5.76. The maximum atomic E-state index is 5.76. The van der Waals surface area contributed by atoms with Gasteiger partial charge in [0.25, 0.3) is 0 Å². The molecular formula is C17H29IN6O. The second-order valence-corrected chi connectivity index (χ2v) is 6.85. The van der Waals surface area contributed by atoms with Gasteiger partial charge < -0.3 is 15.1 Å². The van der Waals surface area contributed by atoms with Crippen molar-refractivity contribution in [2.75, 3.05) is 13.6 Å². The van der Waals surface area contributed by atoms with Gasteiger partial charge in [0.1, 0.15) is 5.76 Å². The van der Waals surface area contributed by atoms with Crippen LogP contribution < -0.4 is 10.6 Å². The molecule has 2 aromatic heterocycles. The summed E-state index contributed by atoms with van der Waals surface area (Å²) in [5.74, 6) is 2.30. The molecule has 2 heterocycles. The molecule has 0 aliphatic rings. The first kappa shape index (κ1) is 21.5. The molecule has 0 atom stereocenters. The second kappa shape index (κ2) is 9.79. The molecule has 0 saturated heterocycles. The Morgan fingerprint density at radius 2 is 2.04 bits per heavy atom. The predicted octanol–water partition coefficient (Wildman–Crippen LogP) is 2.62. The maximum Gasteiger partial charge on any atom is 0.213 e. The standard InChI is InChI=1S/C17H28N6O.HI/c1-17(2,3)14-10-20-15(24-14)11-21-16(18-4)19-8-6-7-13-9-22-23(5)12-13;/h9-10,12H,6-8,11H2,1-5H3,(H2,18,19,21);1H. The molecule has 0 spiro atoms. The zero-order chi connectivity index (χ0) is 17.6. The summed E-state index contributed by atoms with van der Waals surface area (Å²) in [5.41, 5.74) is 1.22. The van der Waals surface area contributed by atoms with Gasteiger partial charge in [-0.05, 0) is 18.4 Å². The summed E-state index contributed by atoms with van der Waals surface area (Å²) < 4.78 is 7.59. The molecule has 2 N–H and O–H groups in total. The number of oxazole rings is 1. The molecular weight excluding hydrogens is 431 g/mol. The van der Waals surface area contributed by atoms with Crippen LogP contribution in [-0.2, 0) is 25.4 Å². The van der Waals surface area contributed by atoms with E-state index in [1.54, 1.807) is 13.2 Å². The largest absolute Gasteiger partial charge is 0.443 e. The first-order valence-corrected chi connectivity index (χ1v) is 8.25. The Hall–Kier alpha value is -1.58. The van der Waals surface area contributed by atoms with Crippen LogP contribution in [0.15, 0.2) is 28.0 Å². The zero-order valence-electron chi connectivity index (χ0n) is 15.7. The van der Waals surface area contributed by atoms with Crippen molar-refractivity contribution in [3.05, 3.63) is 35.8 Å². The number of hydrogen-bond acceptors (Lipinski definition) is 4. The van der Waals surface area contributed by atoms with Gasteiger partial charge >= 0.3 is 0 Å². The van der Waals surface area contributed by atoms with Crippen molar-refractivity contribution in [3.8, 4) is 0 Å². The molecule has 0 amide bonds. The van der Waals surface area contributed by atoms with Crippen LogP contribution in [0.25, 0.3) is 0 Å². The molecule has 0 saturated carbocycles. The normalized spacial score (nSPS) is 12.0. The van der Waals surface area contributed by atoms with Crippen LogP contribution in [-0.4, -0.2) is 34.3 Å². The van der Waals surface area contributed by atoms with E-state index in [0.717, 1.165) is 31.1 Å². The van der Waals surface area contributed by atoms with Gasteiger partial charge in [0.2, 0.25) is 5.89 Å². The van der Waals surface area contributed by atoms with Crippen LogP contribution in [0.2, 0.25) is 0 Å². The third-order valence-electron chi connectivity index (χ3n) is 3.62. The number of nitrogens with one attached hydrogen (secondary N) is 2. The number of aliphatic imine (C=N–C) groups is 1.